The molecule has 0 N–H and O–H groups in total. The van der Waals surface area contributed by atoms with Crippen LogP contribution in [0.1, 0.15) is 0 Å². The maximum absolute atomic E-state index is 12.2. The molecule has 2 aliphatic heterocycles. The number of ether oxygens (including phenoxy) is 1. The standard InChI is InChI=1S/C13H16ClN3O2/c14-11-1-2-12(15-7-11)17-8-10(9-17)13(18)16-3-5-19-6-4-16/h1-2,7,10H,3-6,8-9H2. The van der Waals surface area contributed by atoms with Crippen LogP contribution in [-0.4, -0.2) is 55.2 Å². The average Bonchev–Trinajstić information content (AvgIpc) is 2.40. The fourth-order valence-electron chi connectivity index (χ4n) is 2.42. The molecule has 5 nitrogen and oxygen atoms in total. The molecule has 0 aromatic carbocycles. The Morgan fingerprint density at radius 2 is 2.05 bits per heavy atom. The molecule has 102 valence electrons. The number of anilines is 1. The number of carbonyl (C=O) groups is 1. The van der Waals surface area contributed by atoms with Crippen LogP contribution in [0.4, 0.5) is 5.82 Å². The van der Waals surface area contributed by atoms with Gasteiger partial charge in [-0.1, -0.05) is 11.6 Å². The first-order chi connectivity index (χ1) is 9.24. The maximum Gasteiger partial charge on any atom is 0.229 e. The van der Waals surface area contributed by atoms with E-state index in [1.165, 1.54) is 0 Å². The Morgan fingerprint density at radius 1 is 1.32 bits per heavy atom. The molecule has 1 amide bonds. The third-order valence-corrected chi connectivity index (χ3v) is 3.81. The molecule has 0 unspecified atom stereocenters. The third-order valence-electron chi connectivity index (χ3n) is 3.59. The van der Waals surface area contributed by atoms with Crippen molar-refractivity contribution >= 4 is 23.3 Å². The summed E-state index contributed by atoms with van der Waals surface area (Å²) in [5.74, 6) is 1.22. The van der Waals surface area contributed by atoms with Gasteiger partial charge in [-0.25, -0.2) is 4.98 Å². The summed E-state index contributed by atoms with van der Waals surface area (Å²) in [6.07, 6.45) is 1.63. The lowest BCUT2D eigenvalue weighted by Gasteiger charge is -2.42. The van der Waals surface area contributed by atoms with E-state index in [-0.39, 0.29) is 11.8 Å². The molecule has 3 rings (SSSR count). The lowest BCUT2D eigenvalue weighted by atomic mass is 9.98. The summed E-state index contributed by atoms with van der Waals surface area (Å²) >= 11 is 5.80. The first-order valence-corrected chi connectivity index (χ1v) is 6.85. The number of aromatic nitrogens is 1. The second-order valence-corrected chi connectivity index (χ2v) is 5.31. The molecular formula is C13H16ClN3O2. The van der Waals surface area contributed by atoms with Crippen LogP contribution < -0.4 is 4.90 Å². The Kier molecular flexibility index (Phi) is 3.57. The van der Waals surface area contributed by atoms with Crippen LogP contribution in [0.25, 0.3) is 0 Å². The van der Waals surface area contributed by atoms with Crippen molar-refractivity contribution < 1.29 is 9.53 Å². The molecule has 0 spiro atoms. The van der Waals surface area contributed by atoms with Gasteiger partial charge in [0.1, 0.15) is 5.82 Å². The highest BCUT2D eigenvalue weighted by Gasteiger charge is 2.36. The molecule has 1 aromatic rings. The Balaban J connectivity index is 1.54. The van der Waals surface area contributed by atoms with Crippen molar-refractivity contribution in [3.8, 4) is 0 Å². The van der Waals surface area contributed by atoms with E-state index in [1.54, 1.807) is 6.20 Å². The molecule has 0 aliphatic carbocycles. The van der Waals surface area contributed by atoms with Crippen LogP contribution >= 0.6 is 11.6 Å². The quantitative estimate of drug-likeness (QED) is 0.812. The Labute approximate surface area is 117 Å². The zero-order chi connectivity index (χ0) is 13.2. The van der Waals surface area contributed by atoms with Gasteiger partial charge in [0.2, 0.25) is 5.91 Å². The van der Waals surface area contributed by atoms with Gasteiger partial charge < -0.3 is 14.5 Å². The number of hydrogen-bond acceptors (Lipinski definition) is 4. The Bertz CT molecular complexity index is 453. The molecule has 1 aromatic heterocycles. The fraction of sp³-hybridized carbons (Fsp3) is 0.538. The summed E-state index contributed by atoms with van der Waals surface area (Å²) in [4.78, 5) is 20.5. The number of nitrogens with zero attached hydrogens (tertiary/aromatic N) is 3. The smallest absolute Gasteiger partial charge is 0.229 e. The first-order valence-electron chi connectivity index (χ1n) is 6.47. The van der Waals surface area contributed by atoms with Crippen molar-refractivity contribution in [2.45, 2.75) is 0 Å². The van der Waals surface area contributed by atoms with E-state index in [0.717, 1.165) is 18.9 Å². The van der Waals surface area contributed by atoms with Gasteiger partial charge in [0.25, 0.3) is 0 Å². The summed E-state index contributed by atoms with van der Waals surface area (Å²) in [7, 11) is 0. The van der Waals surface area contributed by atoms with E-state index < -0.39 is 0 Å². The van der Waals surface area contributed by atoms with Crippen molar-refractivity contribution in [2.24, 2.45) is 5.92 Å². The lowest BCUT2D eigenvalue weighted by Crippen LogP contribution is -2.56. The summed E-state index contributed by atoms with van der Waals surface area (Å²) in [5.41, 5.74) is 0. The monoisotopic (exact) mass is 281 g/mol. The van der Waals surface area contributed by atoms with Crippen molar-refractivity contribution in [1.82, 2.24) is 9.88 Å². The molecule has 0 radical (unpaired) electrons. The second-order valence-electron chi connectivity index (χ2n) is 4.87. The predicted octanol–water partition coefficient (Wildman–Crippen LogP) is 1.03. The minimum absolute atomic E-state index is 0.0931. The summed E-state index contributed by atoms with van der Waals surface area (Å²) in [6, 6.07) is 3.71. The minimum atomic E-state index is 0.0931. The molecule has 0 atom stereocenters. The van der Waals surface area contributed by atoms with Crippen LogP contribution in [0.2, 0.25) is 5.02 Å². The van der Waals surface area contributed by atoms with Crippen LogP contribution in [-0.2, 0) is 9.53 Å². The molecule has 6 heteroatoms. The van der Waals surface area contributed by atoms with Crippen LogP contribution in [0.15, 0.2) is 18.3 Å². The topological polar surface area (TPSA) is 45.7 Å². The number of morpholine rings is 1. The number of halogens is 1. The predicted molar refractivity (Wildman–Crippen MR) is 72.3 cm³/mol. The molecule has 19 heavy (non-hydrogen) atoms. The highest BCUT2D eigenvalue weighted by molar-refractivity contribution is 6.30. The van der Waals surface area contributed by atoms with E-state index in [1.807, 2.05) is 17.0 Å². The number of amides is 1. The normalized spacial score (nSPS) is 20.3. The fourth-order valence-corrected chi connectivity index (χ4v) is 2.53. The van der Waals surface area contributed by atoms with E-state index in [0.29, 0.717) is 31.3 Å². The van der Waals surface area contributed by atoms with Gasteiger partial charge in [-0.15, -0.1) is 0 Å². The van der Waals surface area contributed by atoms with Gasteiger partial charge in [-0.05, 0) is 12.1 Å². The molecule has 2 aliphatic rings. The molecular weight excluding hydrogens is 266 g/mol. The highest BCUT2D eigenvalue weighted by Crippen LogP contribution is 2.25. The zero-order valence-electron chi connectivity index (χ0n) is 10.6. The lowest BCUT2D eigenvalue weighted by molar-refractivity contribution is -0.140. The summed E-state index contributed by atoms with van der Waals surface area (Å²) < 4.78 is 5.26. The van der Waals surface area contributed by atoms with E-state index in [2.05, 4.69) is 9.88 Å². The molecule has 0 saturated carbocycles. The minimum Gasteiger partial charge on any atom is -0.378 e. The number of carbonyl (C=O) groups excluding carboxylic acids is 1. The van der Waals surface area contributed by atoms with Gasteiger partial charge in [-0.3, -0.25) is 4.79 Å². The summed E-state index contributed by atoms with van der Waals surface area (Å²) in [5, 5.41) is 0.630. The van der Waals surface area contributed by atoms with Crippen molar-refractivity contribution in [3.63, 3.8) is 0 Å². The molecule has 2 fully saturated rings. The number of pyridine rings is 1. The highest BCUT2D eigenvalue weighted by atomic mass is 35.5. The van der Waals surface area contributed by atoms with Crippen molar-refractivity contribution in [3.05, 3.63) is 23.4 Å². The Hall–Kier alpha value is -1.33. The second kappa shape index (κ2) is 5.35. The summed E-state index contributed by atoms with van der Waals surface area (Å²) in [6.45, 7) is 4.22. The first kappa shape index (κ1) is 12.7. The largest absolute Gasteiger partial charge is 0.378 e. The van der Waals surface area contributed by atoms with Gasteiger partial charge in [0, 0.05) is 32.4 Å². The van der Waals surface area contributed by atoms with E-state index in [4.69, 9.17) is 16.3 Å². The van der Waals surface area contributed by atoms with Gasteiger partial charge >= 0.3 is 0 Å². The van der Waals surface area contributed by atoms with Crippen LogP contribution in [0, 0.1) is 5.92 Å². The number of hydrogen-bond donors (Lipinski definition) is 0. The van der Waals surface area contributed by atoms with Crippen molar-refractivity contribution in [1.29, 1.82) is 0 Å². The van der Waals surface area contributed by atoms with E-state index in [9.17, 15) is 4.79 Å². The van der Waals surface area contributed by atoms with Crippen LogP contribution in [0.5, 0.6) is 0 Å². The molecule has 2 saturated heterocycles. The SMILES string of the molecule is O=C(C1CN(c2ccc(Cl)cn2)C1)N1CCOCC1. The van der Waals surface area contributed by atoms with Crippen molar-refractivity contribution in [2.75, 3.05) is 44.3 Å². The Morgan fingerprint density at radius 3 is 2.68 bits per heavy atom. The average molecular weight is 282 g/mol. The molecule has 0 bridgehead atoms. The van der Waals surface area contributed by atoms with Gasteiger partial charge in [0.15, 0.2) is 0 Å². The molecule has 3 heterocycles. The number of rotatable bonds is 2. The van der Waals surface area contributed by atoms with Gasteiger partial charge in [-0.2, -0.15) is 0 Å². The zero-order valence-corrected chi connectivity index (χ0v) is 11.3. The van der Waals surface area contributed by atoms with E-state index >= 15 is 0 Å². The van der Waals surface area contributed by atoms with Gasteiger partial charge in [0.05, 0.1) is 24.2 Å². The maximum atomic E-state index is 12.2. The van der Waals surface area contributed by atoms with Crippen LogP contribution in [0.3, 0.4) is 0 Å². The third kappa shape index (κ3) is 2.67.